The summed E-state index contributed by atoms with van der Waals surface area (Å²) in [6.07, 6.45) is 11.3. The molecule has 2 N–H and O–H groups in total. The minimum absolute atomic E-state index is 0.0109. The van der Waals surface area contributed by atoms with Crippen molar-refractivity contribution in [3.8, 4) is 5.75 Å². The SMILES string of the molecule is CCc1c(N2CCN(C(=O)c3ncnc(C)c3O)[C@H]3CC[C@@H]32)c(=O)c2c(nnn2C2CC2)n1CC(=O)NC12CC(C3CC3)(C1)C2. The molecular formula is C32H39N9O4. The number of anilines is 1. The Balaban J connectivity index is 1.05. The summed E-state index contributed by atoms with van der Waals surface area (Å²) in [6.45, 7) is 4.59. The van der Waals surface area contributed by atoms with E-state index in [0.29, 0.717) is 47.5 Å². The first kappa shape index (κ1) is 27.3. The zero-order valence-electron chi connectivity index (χ0n) is 25.8. The number of hydrogen-bond donors (Lipinski definition) is 2. The van der Waals surface area contributed by atoms with Gasteiger partial charge in [-0.25, -0.2) is 14.6 Å². The van der Waals surface area contributed by atoms with Crippen LogP contribution in [0, 0.1) is 18.3 Å². The monoisotopic (exact) mass is 613 g/mol. The fraction of sp³-hybridized carbons (Fsp3) is 0.656. The first-order chi connectivity index (χ1) is 21.7. The molecule has 0 aromatic carbocycles. The van der Waals surface area contributed by atoms with Crippen molar-refractivity contribution in [2.24, 2.45) is 11.3 Å². The second-order valence-corrected chi connectivity index (χ2v) is 14.6. The molecule has 13 heteroatoms. The molecule has 7 fully saturated rings. The van der Waals surface area contributed by atoms with Gasteiger partial charge in [-0.1, -0.05) is 12.1 Å². The highest BCUT2D eigenvalue weighted by Crippen LogP contribution is 2.75. The van der Waals surface area contributed by atoms with Crippen LogP contribution in [0.2, 0.25) is 0 Å². The smallest absolute Gasteiger partial charge is 0.276 e. The van der Waals surface area contributed by atoms with Gasteiger partial charge in [0.05, 0.1) is 17.8 Å². The molecular weight excluding hydrogens is 574 g/mol. The average molecular weight is 614 g/mol. The van der Waals surface area contributed by atoms with Gasteiger partial charge in [0.2, 0.25) is 11.3 Å². The van der Waals surface area contributed by atoms with Crippen LogP contribution in [-0.2, 0) is 17.8 Å². The van der Waals surface area contributed by atoms with Crippen molar-refractivity contribution in [1.29, 1.82) is 0 Å². The number of amides is 2. The third kappa shape index (κ3) is 3.87. The molecule has 1 saturated heterocycles. The van der Waals surface area contributed by atoms with E-state index in [1.54, 1.807) is 16.5 Å². The predicted octanol–water partition coefficient (Wildman–Crippen LogP) is 2.24. The maximum Gasteiger partial charge on any atom is 0.276 e. The molecule has 2 amide bonds. The molecule has 45 heavy (non-hydrogen) atoms. The molecule has 13 nitrogen and oxygen atoms in total. The standard InChI is InChI=1S/C32H39N9O4/c1-3-20-25(38-10-11-39(22-9-8-21(22)38)30(45)24-27(43)17(2)33-16-34-24)28(44)26-29(36-37-41(26)19-6-7-19)40(20)12-23(42)35-32-13-31(14-32,15-32)18-4-5-18/h16,18-19,21-22,43H,3-15H2,1-2H3,(H,35,42)/t21-,22-,31?,32?/m0/s1. The Hall–Kier alpha value is -4.03. The molecule has 3 aromatic heterocycles. The summed E-state index contributed by atoms with van der Waals surface area (Å²) >= 11 is 0. The topological polar surface area (TPSA) is 151 Å². The van der Waals surface area contributed by atoms with Gasteiger partial charge >= 0.3 is 0 Å². The highest BCUT2D eigenvalue weighted by molar-refractivity contribution is 5.95. The van der Waals surface area contributed by atoms with Gasteiger partial charge in [-0.3, -0.25) is 14.4 Å². The molecule has 3 aromatic rings. The molecule has 236 valence electrons. The zero-order chi connectivity index (χ0) is 30.8. The molecule has 0 radical (unpaired) electrons. The van der Waals surface area contributed by atoms with Crippen molar-refractivity contribution < 1.29 is 14.7 Å². The number of carbonyl (C=O) groups is 2. The third-order valence-corrected chi connectivity index (χ3v) is 11.8. The third-order valence-electron chi connectivity index (χ3n) is 11.8. The first-order valence-corrected chi connectivity index (χ1v) is 16.6. The molecule has 4 heterocycles. The van der Waals surface area contributed by atoms with E-state index in [2.05, 4.69) is 30.5 Å². The Bertz CT molecular complexity index is 1820. The van der Waals surface area contributed by atoms with E-state index < -0.39 is 0 Å². The van der Waals surface area contributed by atoms with E-state index >= 15 is 0 Å². The van der Waals surface area contributed by atoms with Crippen molar-refractivity contribution in [1.82, 2.24) is 39.7 Å². The predicted molar refractivity (Wildman–Crippen MR) is 163 cm³/mol. The van der Waals surface area contributed by atoms with Gasteiger partial charge in [0.25, 0.3) is 5.91 Å². The second-order valence-electron chi connectivity index (χ2n) is 14.6. The Kier molecular flexibility index (Phi) is 5.62. The molecule has 6 aliphatic carbocycles. The van der Waals surface area contributed by atoms with Gasteiger partial charge in [0, 0.05) is 30.4 Å². The number of piperazine rings is 1. The maximum absolute atomic E-state index is 14.5. The second kappa shape index (κ2) is 9.26. The summed E-state index contributed by atoms with van der Waals surface area (Å²) < 4.78 is 3.70. The maximum atomic E-state index is 14.5. The lowest BCUT2D eigenvalue weighted by Gasteiger charge is -2.71. The number of carbonyl (C=O) groups excluding carboxylic acids is 2. The van der Waals surface area contributed by atoms with Crippen LogP contribution in [0.25, 0.3) is 11.2 Å². The van der Waals surface area contributed by atoms with Gasteiger partial charge < -0.3 is 24.8 Å². The van der Waals surface area contributed by atoms with E-state index in [9.17, 15) is 19.5 Å². The van der Waals surface area contributed by atoms with E-state index in [1.807, 2.05) is 11.5 Å². The van der Waals surface area contributed by atoms with Crippen molar-refractivity contribution in [3.05, 3.63) is 33.6 Å². The highest BCUT2D eigenvalue weighted by Gasteiger charge is 2.72. The Labute approximate surface area is 260 Å². The van der Waals surface area contributed by atoms with Gasteiger partial charge in [0.1, 0.15) is 18.6 Å². The van der Waals surface area contributed by atoms with E-state index in [-0.39, 0.29) is 58.9 Å². The van der Waals surface area contributed by atoms with Crippen LogP contribution in [0.3, 0.4) is 0 Å². The number of aromatic hydroxyl groups is 1. The van der Waals surface area contributed by atoms with E-state index in [1.165, 1.54) is 19.2 Å². The molecule has 2 bridgehead atoms. The van der Waals surface area contributed by atoms with E-state index in [0.717, 1.165) is 56.6 Å². The van der Waals surface area contributed by atoms with Crippen LogP contribution in [-0.4, -0.2) is 82.1 Å². The fourth-order valence-electron chi connectivity index (χ4n) is 9.21. The number of pyridine rings is 1. The average Bonchev–Trinajstić information content (AvgIpc) is 3.91. The Morgan fingerprint density at radius 2 is 1.80 bits per heavy atom. The van der Waals surface area contributed by atoms with Crippen LogP contribution < -0.4 is 15.6 Å². The lowest BCUT2D eigenvalue weighted by molar-refractivity contribution is -0.176. The summed E-state index contributed by atoms with van der Waals surface area (Å²) in [6, 6.07) is -0.0261. The number of hydrogen-bond acceptors (Lipinski definition) is 9. The molecule has 1 aliphatic heterocycles. The number of aromatic nitrogens is 6. The fourth-order valence-corrected chi connectivity index (χ4v) is 9.21. The first-order valence-electron chi connectivity index (χ1n) is 16.6. The van der Waals surface area contributed by atoms with Crippen molar-refractivity contribution in [2.45, 2.75) is 108 Å². The lowest BCUT2D eigenvalue weighted by atomic mass is 9.37. The molecule has 0 spiro atoms. The van der Waals surface area contributed by atoms with Gasteiger partial charge in [-0.05, 0) is 82.5 Å². The number of aryl methyl sites for hydroxylation is 1. The van der Waals surface area contributed by atoms with Crippen LogP contribution in [0.1, 0.15) is 92.6 Å². The highest BCUT2D eigenvalue weighted by atomic mass is 16.3. The van der Waals surface area contributed by atoms with Crippen LogP contribution in [0.5, 0.6) is 5.75 Å². The largest absolute Gasteiger partial charge is 0.504 e. The van der Waals surface area contributed by atoms with Gasteiger partial charge in [-0.15, -0.1) is 5.10 Å². The van der Waals surface area contributed by atoms with Gasteiger partial charge in [0.15, 0.2) is 22.6 Å². The van der Waals surface area contributed by atoms with Crippen molar-refractivity contribution >= 4 is 28.7 Å². The normalized spacial score (nSPS) is 29.9. The van der Waals surface area contributed by atoms with Crippen LogP contribution in [0.4, 0.5) is 5.69 Å². The quantitative estimate of drug-likeness (QED) is 0.390. The van der Waals surface area contributed by atoms with Crippen molar-refractivity contribution in [2.75, 3.05) is 18.0 Å². The van der Waals surface area contributed by atoms with Crippen molar-refractivity contribution in [3.63, 3.8) is 0 Å². The van der Waals surface area contributed by atoms with Crippen LogP contribution >= 0.6 is 0 Å². The summed E-state index contributed by atoms with van der Waals surface area (Å²) in [7, 11) is 0. The number of nitrogens with one attached hydrogen (secondary N) is 1. The molecule has 0 unspecified atom stereocenters. The molecule has 10 rings (SSSR count). The molecule has 7 aliphatic rings. The summed E-state index contributed by atoms with van der Waals surface area (Å²) in [5, 5.41) is 22.8. The minimum atomic E-state index is -0.319. The molecule has 2 atom stereocenters. The minimum Gasteiger partial charge on any atom is -0.504 e. The summed E-state index contributed by atoms with van der Waals surface area (Å²) in [5.41, 5.74) is 3.02. The van der Waals surface area contributed by atoms with E-state index in [4.69, 9.17) is 0 Å². The Morgan fingerprint density at radius 1 is 1.04 bits per heavy atom. The molecule has 6 saturated carbocycles. The Morgan fingerprint density at radius 3 is 2.47 bits per heavy atom. The number of rotatable bonds is 8. The lowest BCUT2D eigenvalue weighted by Crippen LogP contribution is -2.75. The number of nitrogens with zero attached hydrogens (tertiary/aromatic N) is 8. The zero-order valence-corrected chi connectivity index (χ0v) is 25.8. The van der Waals surface area contributed by atoms with Crippen LogP contribution in [0.15, 0.2) is 11.1 Å². The summed E-state index contributed by atoms with van der Waals surface area (Å²) in [5.74, 6) is 0.315. The summed E-state index contributed by atoms with van der Waals surface area (Å²) in [4.78, 5) is 53.7. The van der Waals surface area contributed by atoms with Gasteiger partial charge in [-0.2, -0.15) is 0 Å². The number of fused-ring (bicyclic) bond motifs is 2.